The van der Waals surface area contributed by atoms with E-state index in [1.165, 1.54) is 4.90 Å². The number of amides is 2. The SMILES string of the molecule is Cc1cccc(C2(O)C(=O)N(CC(=O)Nc3cccc(Cl)c3C)c3ccccc32)c1. The molecule has 2 N–H and O–H groups in total. The molecule has 0 saturated carbocycles. The number of aliphatic hydroxyl groups is 1. The van der Waals surface area contributed by atoms with Crippen LogP contribution in [-0.4, -0.2) is 23.5 Å². The summed E-state index contributed by atoms with van der Waals surface area (Å²) in [5.41, 5.74) is 1.89. The molecule has 1 atom stereocenters. The van der Waals surface area contributed by atoms with E-state index in [0.717, 1.165) is 11.1 Å². The van der Waals surface area contributed by atoms with Crippen LogP contribution in [0.25, 0.3) is 0 Å². The molecule has 5 nitrogen and oxygen atoms in total. The molecule has 6 heteroatoms. The van der Waals surface area contributed by atoms with E-state index in [-0.39, 0.29) is 12.5 Å². The molecule has 1 aliphatic rings. The average Bonchev–Trinajstić information content (AvgIpc) is 2.94. The van der Waals surface area contributed by atoms with Crippen LogP contribution < -0.4 is 10.2 Å². The van der Waals surface area contributed by atoms with E-state index in [2.05, 4.69) is 5.32 Å². The van der Waals surface area contributed by atoms with Gasteiger partial charge in [-0.15, -0.1) is 0 Å². The first kappa shape index (κ1) is 20.1. The maximum atomic E-state index is 13.4. The Bertz CT molecular complexity index is 1160. The zero-order valence-corrected chi connectivity index (χ0v) is 17.4. The smallest absolute Gasteiger partial charge is 0.268 e. The molecule has 0 aromatic heterocycles. The third-order valence-electron chi connectivity index (χ3n) is 5.42. The molecule has 30 heavy (non-hydrogen) atoms. The number of fused-ring (bicyclic) bond motifs is 1. The molecule has 0 radical (unpaired) electrons. The fraction of sp³-hybridized carbons (Fsp3) is 0.167. The lowest BCUT2D eigenvalue weighted by atomic mass is 9.87. The maximum Gasteiger partial charge on any atom is 0.268 e. The van der Waals surface area contributed by atoms with Crippen molar-refractivity contribution < 1.29 is 14.7 Å². The Hall–Kier alpha value is -3.15. The molecule has 0 spiro atoms. The van der Waals surface area contributed by atoms with Gasteiger partial charge in [-0.25, -0.2) is 0 Å². The van der Waals surface area contributed by atoms with Gasteiger partial charge in [0.2, 0.25) is 5.91 Å². The molecule has 2 amide bonds. The summed E-state index contributed by atoms with van der Waals surface area (Å²) in [4.78, 5) is 27.5. The van der Waals surface area contributed by atoms with Crippen molar-refractivity contribution in [2.45, 2.75) is 19.4 Å². The minimum Gasteiger partial charge on any atom is -0.372 e. The van der Waals surface area contributed by atoms with Crippen molar-refractivity contribution in [1.29, 1.82) is 0 Å². The number of para-hydroxylation sites is 1. The summed E-state index contributed by atoms with van der Waals surface area (Å²) in [6.07, 6.45) is 0. The van der Waals surface area contributed by atoms with E-state index < -0.39 is 11.5 Å². The minimum atomic E-state index is -1.84. The summed E-state index contributed by atoms with van der Waals surface area (Å²) in [6.45, 7) is 3.48. The summed E-state index contributed by atoms with van der Waals surface area (Å²) in [5.74, 6) is -0.927. The summed E-state index contributed by atoms with van der Waals surface area (Å²) in [6, 6.07) is 19.5. The van der Waals surface area contributed by atoms with E-state index >= 15 is 0 Å². The van der Waals surface area contributed by atoms with Gasteiger partial charge in [0, 0.05) is 16.3 Å². The van der Waals surface area contributed by atoms with Crippen LogP contribution in [0, 0.1) is 13.8 Å². The van der Waals surface area contributed by atoms with Crippen LogP contribution in [0.3, 0.4) is 0 Å². The summed E-state index contributed by atoms with van der Waals surface area (Å²) in [5, 5.41) is 14.9. The molecule has 3 aromatic rings. The largest absolute Gasteiger partial charge is 0.372 e. The zero-order chi connectivity index (χ0) is 21.5. The molecular formula is C24H21ClN2O3. The number of halogens is 1. The number of nitrogens with zero attached hydrogens (tertiary/aromatic N) is 1. The fourth-order valence-electron chi connectivity index (χ4n) is 3.82. The minimum absolute atomic E-state index is 0.226. The molecule has 4 rings (SSSR count). The molecule has 0 saturated heterocycles. The first-order valence-corrected chi connectivity index (χ1v) is 9.96. The Morgan fingerprint density at radius 3 is 2.57 bits per heavy atom. The lowest BCUT2D eigenvalue weighted by molar-refractivity contribution is -0.133. The first-order valence-electron chi connectivity index (χ1n) is 9.58. The maximum absolute atomic E-state index is 13.4. The van der Waals surface area contributed by atoms with E-state index in [1.807, 2.05) is 19.9 Å². The molecule has 0 fully saturated rings. The van der Waals surface area contributed by atoms with Crippen molar-refractivity contribution in [3.63, 3.8) is 0 Å². The van der Waals surface area contributed by atoms with Gasteiger partial charge in [0.1, 0.15) is 6.54 Å². The summed E-state index contributed by atoms with van der Waals surface area (Å²) < 4.78 is 0. The standard InChI is InChI=1S/C24H21ClN2O3/c1-15-7-5-8-17(13-15)24(30)18-9-3-4-12-21(18)27(23(24)29)14-22(28)26-20-11-6-10-19(25)16(20)2/h3-13,30H,14H2,1-2H3,(H,26,28). The second kappa shape index (κ2) is 7.59. The number of hydrogen-bond donors (Lipinski definition) is 2. The Morgan fingerprint density at radius 2 is 1.80 bits per heavy atom. The third-order valence-corrected chi connectivity index (χ3v) is 5.83. The van der Waals surface area contributed by atoms with Crippen molar-refractivity contribution in [3.05, 3.63) is 94.0 Å². The van der Waals surface area contributed by atoms with Gasteiger partial charge in [0.05, 0.1) is 5.69 Å². The highest BCUT2D eigenvalue weighted by atomic mass is 35.5. The van der Waals surface area contributed by atoms with Crippen molar-refractivity contribution in [2.24, 2.45) is 0 Å². The number of carbonyl (C=O) groups is 2. The van der Waals surface area contributed by atoms with Crippen molar-refractivity contribution in [2.75, 3.05) is 16.8 Å². The monoisotopic (exact) mass is 420 g/mol. The van der Waals surface area contributed by atoms with Gasteiger partial charge < -0.3 is 10.4 Å². The number of hydrogen-bond acceptors (Lipinski definition) is 3. The molecular weight excluding hydrogens is 400 g/mol. The predicted molar refractivity (Wildman–Crippen MR) is 118 cm³/mol. The Labute approximate surface area is 179 Å². The lowest BCUT2D eigenvalue weighted by Crippen LogP contribution is -2.44. The second-order valence-electron chi connectivity index (χ2n) is 7.45. The summed E-state index contributed by atoms with van der Waals surface area (Å²) >= 11 is 6.13. The third kappa shape index (κ3) is 3.26. The quantitative estimate of drug-likeness (QED) is 0.665. The highest BCUT2D eigenvalue weighted by Crippen LogP contribution is 2.44. The first-order chi connectivity index (χ1) is 14.3. The van der Waals surface area contributed by atoms with Gasteiger partial charge in [-0.2, -0.15) is 0 Å². The van der Waals surface area contributed by atoms with E-state index in [1.54, 1.807) is 60.7 Å². The van der Waals surface area contributed by atoms with Crippen LogP contribution in [0.2, 0.25) is 5.02 Å². The molecule has 1 heterocycles. The molecule has 1 unspecified atom stereocenters. The average molecular weight is 421 g/mol. The van der Waals surface area contributed by atoms with Gasteiger partial charge in [0.15, 0.2) is 5.60 Å². The number of benzene rings is 3. The van der Waals surface area contributed by atoms with Crippen LogP contribution >= 0.6 is 11.6 Å². The van der Waals surface area contributed by atoms with Gasteiger partial charge in [-0.05, 0) is 43.2 Å². The second-order valence-corrected chi connectivity index (χ2v) is 7.86. The Balaban J connectivity index is 1.67. The van der Waals surface area contributed by atoms with Crippen LogP contribution in [0.4, 0.5) is 11.4 Å². The van der Waals surface area contributed by atoms with E-state index in [0.29, 0.717) is 27.5 Å². The van der Waals surface area contributed by atoms with E-state index in [4.69, 9.17) is 11.6 Å². The van der Waals surface area contributed by atoms with Crippen LogP contribution in [0.15, 0.2) is 66.7 Å². The highest BCUT2D eigenvalue weighted by Gasteiger charge is 2.51. The Morgan fingerprint density at radius 1 is 1.07 bits per heavy atom. The number of carbonyl (C=O) groups excluding carboxylic acids is 2. The lowest BCUT2D eigenvalue weighted by Gasteiger charge is -2.24. The highest BCUT2D eigenvalue weighted by molar-refractivity contribution is 6.31. The number of rotatable bonds is 4. The molecule has 0 bridgehead atoms. The molecule has 1 aliphatic heterocycles. The van der Waals surface area contributed by atoms with Gasteiger partial charge >= 0.3 is 0 Å². The Kier molecular flexibility index (Phi) is 5.10. The van der Waals surface area contributed by atoms with Gasteiger partial charge in [0.25, 0.3) is 5.91 Å². The van der Waals surface area contributed by atoms with Crippen LogP contribution in [0.1, 0.15) is 22.3 Å². The molecule has 3 aromatic carbocycles. The topological polar surface area (TPSA) is 69.6 Å². The number of aryl methyl sites for hydroxylation is 1. The van der Waals surface area contributed by atoms with Crippen LogP contribution in [0.5, 0.6) is 0 Å². The zero-order valence-electron chi connectivity index (χ0n) is 16.6. The normalized spacial score (nSPS) is 17.7. The summed E-state index contributed by atoms with van der Waals surface area (Å²) in [7, 11) is 0. The molecule has 0 aliphatic carbocycles. The van der Waals surface area contributed by atoms with Crippen molar-refractivity contribution in [3.8, 4) is 0 Å². The van der Waals surface area contributed by atoms with Crippen molar-refractivity contribution in [1.82, 2.24) is 0 Å². The number of anilines is 2. The van der Waals surface area contributed by atoms with E-state index in [9.17, 15) is 14.7 Å². The fourth-order valence-corrected chi connectivity index (χ4v) is 3.99. The van der Waals surface area contributed by atoms with Crippen molar-refractivity contribution >= 4 is 34.8 Å². The van der Waals surface area contributed by atoms with Crippen LogP contribution in [-0.2, 0) is 15.2 Å². The van der Waals surface area contributed by atoms with Gasteiger partial charge in [-0.1, -0.05) is 65.7 Å². The molecule has 152 valence electrons. The van der Waals surface area contributed by atoms with Gasteiger partial charge in [-0.3, -0.25) is 14.5 Å². The predicted octanol–water partition coefficient (Wildman–Crippen LogP) is 4.18. The number of nitrogens with one attached hydrogen (secondary N) is 1.